The molecule has 4 heteroatoms. The Hall–Kier alpha value is -1.71. The number of amides is 1. The molecule has 0 aromatic heterocycles. The monoisotopic (exact) mass is 248 g/mol. The molecule has 2 rings (SSSR count). The van der Waals surface area contributed by atoms with Crippen LogP contribution in [0.1, 0.15) is 27.7 Å². The second-order valence-electron chi connectivity index (χ2n) is 5.74. The number of hydrogen-bond donors (Lipinski definition) is 2. The zero-order valence-corrected chi connectivity index (χ0v) is 11.5. The van der Waals surface area contributed by atoms with E-state index in [1.165, 1.54) is 0 Å². The van der Waals surface area contributed by atoms with Gasteiger partial charge in [-0.05, 0) is 39.8 Å². The highest BCUT2D eigenvalue weighted by Gasteiger charge is 2.45. The maximum absolute atomic E-state index is 12.3. The number of carbonyl (C=O) groups is 1. The maximum atomic E-state index is 12.3. The van der Waals surface area contributed by atoms with Crippen molar-refractivity contribution in [2.45, 2.75) is 33.2 Å². The van der Waals surface area contributed by atoms with Crippen LogP contribution in [0.5, 0.6) is 5.75 Å². The van der Waals surface area contributed by atoms with Gasteiger partial charge in [0, 0.05) is 11.6 Å². The van der Waals surface area contributed by atoms with Crippen molar-refractivity contribution in [2.75, 3.05) is 17.7 Å². The van der Waals surface area contributed by atoms with Crippen LogP contribution in [0.3, 0.4) is 0 Å². The number of methoxy groups -OCH3 is 1. The Morgan fingerprint density at radius 2 is 1.78 bits per heavy atom. The first-order valence-corrected chi connectivity index (χ1v) is 6.05. The Labute approximate surface area is 108 Å². The molecule has 4 nitrogen and oxygen atoms in total. The molecule has 0 unspecified atom stereocenters. The van der Waals surface area contributed by atoms with E-state index in [2.05, 4.69) is 10.6 Å². The zero-order valence-electron chi connectivity index (χ0n) is 11.5. The number of fused-ring (bicyclic) bond motifs is 1. The Bertz CT molecular complexity index is 493. The number of rotatable bonds is 1. The van der Waals surface area contributed by atoms with E-state index in [0.717, 1.165) is 17.1 Å². The fourth-order valence-electron chi connectivity index (χ4n) is 1.92. The predicted octanol–water partition coefficient (Wildman–Crippen LogP) is 2.86. The molecule has 1 amide bonds. The fourth-order valence-corrected chi connectivity index (χ4v) is 1.92. The van der Waals surface area contributed by atoms with Crippen LogP contribution in [0, 0.1) is 5.41 Å². The summed E-state index contributed by atoms with van der Waals surface area (Å²) < 4.78 is 5.22. The zero-order chi connectivity index (χ0) is 13.6. The van der Waals surface area contributed by atoms with Gasteiger partial charge < -0.3 is 15.4 Å². The molecule has 0 fully saturated rings. The first kappa shape index (κ1) is 12.7. The molecule has 0 saturated heterocycles. The molecule has 0 radical (unpaired) electrons. The number of benzene rings is 1. The lowest BCUT2D eigenvalue weighted by molar-refractivity contribution is -0.126. The van der Waals surface area contributed by atoms with Crippen molar-refractivity contribution in [3.05, 3.63) is 18.2 Å². The average molecular weight is 248 g/mol. The van der Waals surface area contributed by atoms with Crippen LogP contribution < -0.4 is 15.4 Å². The second kappa shape index (κ2) is 3.90. The van der Waals surface area contributed by atoms with E-state index in [1.807, 2.05) is 45.9 Å². The molecule has 98 valence electrons. The van der Waals surface area contributed by atoms with Crippen molar-refractivity contribution in [2.24, 2.45) is 5.41 Å². The van der Waals surface area contributed by atoms with Crippen LogP contribution in [0.25, 0.3) is 0 Å². The summed E-state index contributed by atoms with van der Waals surface area (Å²) in [5.74, 6) is 0.787. The van der Waals surface area contributed by atoms with Gasteiger partial charge in [0.05, 0.1) is 23.9 Å². The summed E-state index contributed by atoms with van der Waals surface area (Å²) in [7, 11) is 1.63. The molecule has 2 N–H and O–H groups in total. The van der Waals surface area contributed by atoms with Crippen molar-refractivity contribution < 1.29 is 9.53 Å². The van der Waals surface area contributed by atoms with Gasteiger partial charge in [0.15, 0.2) is 0 Å². The molecule has 0 atom stereocenters. The summed E-state index contributed by atoms with van der Waals surface area (Å²) in [6.45, 7) is 7.94. The predicted molar refractivity (Wildman–Crippen MR) is 73.1 cm³/mol. The van der Waals surface area contributed by atoms with Crippen LogP contribution in [0.2, 0.25) is 0 Å². The van der Waals surface area contributed by atoms with Gasteiger partial charge in [0.1, 0.15) is 5.75 Å². The number of ether oxygens (including phenoxy) is 1. The Kier molecular flexibility index (Phi) is 2.76. The Morgan fingerprint density at radius 1 is 1.11 bits per heavy atom. The smallest absolute Gasteiger partial charge is 0.232 e. The molecule has 0 saturated carbocycles. The lowest BCUT2D eigenvalue weighted by atomic mass is 9.74. The van der Waals surface area contributed by atoms with E-state index >= 15 is 0 Å². The lowest BCUT2D eigenvalue weighted by Gasteiger charge is -2.39. The van der Waals surface area contributed by atoms with E-state index in [-0.39, 0.29) is 11.4 Å². The quantitative estimate of drug-likeness (QED) is 0.803. The third-order valence-corrected chi connectivity index (χ3v) is 4.05. The Morgan fingerprint density at radius 3 is 2.39 bits per heavy atom. The van der Waals surface area contributed by atoms with Gasteiger partial charge >= 0.3 is 0 Å². The average Bonchev–Trinajstić information content (AvgIpc) is 2.35. The minimum Gasteiger partial charge on any atom is -0.497 e. The van der Waals surface area contributed by atoms with E-state index in [4.69, 9.17) is 4.74 Å². The van der Waals surface area contributed by atoms with Crippen molar-refractivity contribution in [1.29, 1.82) is 0 Å². The van der Waals surface area contributed by atoms with Crippen molar-refractivity contribution in [3.63, 3.8) is 0 Å². The summed E-state index contributed by atoms with van der Waals surface area (Å²) in [5.41, 5.74) is 0.811. The summed E-state index contributed by atoms with van der Waals surface area (Å²) in [5, 5.41) is 6.39. The highest BCUT2D eigenvalue weighted by Crippen LogP contribution is 2.41. The van der Waals surface area contributed by atoms with Crippen molar-refractivity contribution >= 4 is 17.3 Å². The van der Waals surface area contributed by atoms with Crippen LogP contribution >= 0.6 is 0 Å². The van der Waals surface area contributed by atoms with Crippen molar-refractivity contribution in [3.8, 4) is 5.75 Å². The van der Waals surface area contributed by atoms with Crippen LogP contribution in [0.15, 0.2) is 18.2 Å². The molecule has 1 aromatic rings. The first-order valence-electron chi connectivity index (χ1n) is 6.05. The molecule has 0 aliphatic carbocycles. The molecule has 0 bridgehead atoms. The van der Waals surface area contributed by atoms with Crippen LogP contribution in [0.4, 0.5) is 11.4 Å². The maximum Gasteiger partial charge on any atom is 0.232 e. The van der Waals surface area contributed by atoms with E-state index in [9.17, 15) is 4.79 Å². The summed E-state index contributed by atoms with van der Waals surface area (Å²) in [6.07, 6.45) is 0. The molecule has 1 aromatic carbocycles. The summed E-state index contributed by atoms with van der Waals surface area (Å²) in [6, 6.07) is 5.60. The molecule has 1 heterocycles. The van der Waals surface area contributed by atoms with Gasteiger partial charge in [-0.25, -0.2) is 0 Å². The van der Waals surface area contributed by atoms with Gasteiger partial charge in [-0.3, -0.25) is 4.79 Å². The third kappa shape index (κ3) is 1.82. The van der Waals surface area contributed by atoms with E-state index in [1.54, 1.807) is 7.11 Å². The number of hydrogen-bond acceptors (Lipinski definition) is 3. The van der Waals surface area contributed by atoms with Gasteiger partial charge in [0.25, 0.3) is 0 Å². The number of carbonyl (C=O) groups excluding carboxylic acids is 1. The summed E-state index contributed by atoms with van der Waals surface area (Å²) >= 11 is 0. The van der Waals surface area contributed by atoms with Gasteiger partial charge in [0.2, 0.25) is 5.91 Å². The van der Waals surface area contributed by atoms with Gasteiger partial charge in [-0.15, -0.1) is 0 Å². The minimum absolute atomic E-state index is 0.0175. The largest absolute Gasteiger partial charge is 0.497 e. The topological polar surface area (TPSA) is 50.4 Å². The molecule has 0 spiro atoms. The SMILES string of the molecule is COc1ccc2c(c1)NC(C)(C)C(C)(C)C(=O)N2. The van der Waals surface area contributed by atoms with Gasteiger partial charge in [-0.2, -0.15) is 0 Å². The van der Waals surface area contributed by atoms with Crippen LogP contribution in [-0.2, 0) is 4.79 Å². The number of anilines is 2. The standard InChI is InChI=1S/C14H20N2O2/c1-13(2)12(17)15-10-7-6-9(18-5)8-11(10)16-14(13,3)4/h6-8,16H,1-5H3,(H,15,17). The highest BCUT2D eigenvalue weighted by molar-refractivity contribution is 6.00. The number of nitrogens with one attached hydrogen (secondary N) is 2. The van der Waals surface area contributed by atoms with Gasteiger partial charge in [-0.1, -0.05) is 0 Å². The lowest BCUT2D eigenvalue weighted by Crippen LogP contribution is -2.50. The van der Waals surface area contributed by atoms with E-state index < -0.39 is 5.41 Å². The first-order chi connectivity index (χ1) is 8.28. The molecular weight excluding hydrogens is 228 g/mol. The molecule has 18 heavy (non-hydrogen) atoms. The molecule has 1 aliphatic heterocycles. The summed E-state index contributed by atoms with van der Waals surface area (Å²) in [4.78, 5) is 12.3. The molecular formula is C14H20N2O2. The van der Waals surface area contributed by atoms with Crippen LogP contribution in [-0.4, -0.2) is 18.6 Å². The Balaban J connectivity index is 2.52. The van der Waals surface area contributed by atoms with E-state index in [0.29, 0.717) is 0 Å². The van der Waals surface area contributed by atoms with Crippen molar-refractivity contribution in [1.82, 2.24) is 0 Å². The fraction of sp³-hybridized carbons (Fsp3) is 0.500. The second-order valence-corrected chi connectivity index (χ2v) is 5.74. The minimum atomic E-state index is -0.515. The highest BCUT2D eigenvalue weighted by atomic mass is 16.5. The molecule has 1 aliphatic rings. The third-order valence-electron chi connectivity index (χ3n) is 4.05. The normalized spacial score (nSPS) is 20.2.